The minimum absolute atomic E-state index is 0.204. The number of ether oxygens (including phenoxy) is 2. The van der Waals surface area contributed by atoms with Crippen LogP contribution in [-0.4, -0.2) is 61.7 Å². The van der Waals surface area contributed by atoms with Gasteiger partial charge in [-0.15, -0.1) is 0 Å². The van der Waals surface area contributed by atoms with E-state index < -0.39 is 5.60 Å². The van der Waals surface area contributed by atoms with E-state index in [2.05, 4.69) is 54.4 Å². The second kappa shape index (κ2) is 11.2. The van der Waals surface area contributed by atoms with Gasteiger partial charge in [-0.2, -0.15) is 0 Å². The number of benzene rings is 2. The van der Waals surface area contributed by atoms with Crippen LogP contribution in [0.5, 0.6) is 5.75 Å². The van der Waals surface area contributed by atoms with Crippen molar-refractivity contribution in [2.45, 2.75) is 63.1 Å². The smallest absolute Gasteiger partial charge is 0.210 e. The number of amides is 1. The SMILES string of the molecule is COc1ccc(CN(C)CC2(N(C=O)CC(C)(C)OC)CCC(c3ccccc3)CC2)cc1. The molecule has 0 N–H and O–H groups in total. The summed E-state index contributed by atoms with van der Waals surface area (Å²) in [6, 6.07) is 19.0. The Labute approximate surface area is 199 Å². The van der Waals surface area contributed by atoms with E-state index in [1.807, 2.05) is 30.9 Å². The number of carbonyl (C=O) groups excluding carboxylic acids is 1. The van der Waals surface area contributed by atoms with Gasteiger partial charge in [0.15, 0.2) is 0 Å². The summed E-state index contributed by atoms with van der Waals surface area (Å²) >= 11 is 0. The minimum atomic E-state index is -0.390. The molecule has 5 nitrogen and oxygen atoms in total. The molecule has 1 amide bonds. The third kappa shape index (κ3) is 6.58. The highest BCUT2D eigenvalue weighted by Crippen LogP contribution is 2.42. The molecule has 0 saturated heterocycles. The van der Waals surface area contributed by atoms with Crippen molar-refractivity contribution in [3.05, 3.63) is 65.7 Å². The molecule has 1 aliphatic rings. The maximum Gasteiger partial charge on any atom is 0.210 e. The first-order valence-corrected chi connectivity index (χ1v) is 11.9. The summed E-state index contributed by atoms with van der Waals surface area (Å²) in [7, 11) is 5.56. The molecule has 33 heavy (non-hydrogen) atoms. The van der Waals surface area contributed by atoms with Crippen LogP contribution in [0.25, 0.3) is 0 Å². The van der Waals surface area contributed by atoms with Crippen LogP contribution in [0.4, 0.5) is 0 Å². The van der Waals surface area contributed by atoms with Gasteiger partial charge in [-0.25, -0.2) is 0 Å². The molecule has 1 fully saturated rings. The van der Waals surface area contributed by atoms with Gasteiger partial charge < -0.3 is 14.4 Å². The second-order valence-electron chi connectivity index (χ2n) is 10.1. The van der Waals surface area contributed by atoms with E-state index in [1.165, 1.54) is 11.1 Å². The van der Waals surface area contributed by atoms with Gasteiger partial charge in [0.2, 0.25) is 6.41 Å². The highest BCUT2D eigenvalue weighted by molar-refractivity contribution is 5.50. The predicted molar refractivity (Wildman–Crippen MR) is 134 cm³/mol. The zero-order valence-electron chi connectivity index (χ0n) is 20.9. The predicted octanol–water partition coefficient (Wildman–Crippen LogP) is 5.11. The molecule has 0 bridgehead atoms. The van der Waals surface area contributed by atoms with E-state index in [-0.39, 0.29) is 5.54 Å². The molecule has 3 rings (SSSR count). The van der Waals surface area contributed by atoms with E-state index in [0.29, 0.717) is 12.5 Å². The van der Waals surface area contributed by atoms with Crippen LogP contribution in [0.2, 0.25) is 0 Å². The Kier molecular flexibility index (Phi) is 8.55. The molecular formula is C28H40N2O3. The summed E-state index contributed by atoms with van der Waals surface area (Å²) < 4.78 is 11.0. The zero-order valence-corrected chi connectivity index (χ0v) is 20.9. The molecular weight excluding hydrogens is 412 g/mol. The Hall–Kier alpha value is -2.37. The largest absolute Gasteiger partial charge is 0.497 e. The van der Waals surface area contributed by atoms with Gasteiger partial charge in [0, 0.05) is 26.7 Å². The summed E-state index contributed by atoms with van der Waals surface area (Å²) in [4.78, 5) is 16.8. The zero-order chi connectivity index (χ0) is 23.9. The molecule has 0 unspecified atom stereocenters. The molecule has 0 radical (unpaired) electrons. The molecule has 0 aliphatic heterocycles. The summed E-state index contributed by atoms with van der Waals surface area (Å²) in [6.45, 7) is 6.34. The lowest BCUT2D eigenvalue weighted by Gasteiger charge is -2.50. The van der Waals surface area contributed by atoms with Crippen LogP contribution in [0.1, 0.15) is 56.6 Å². The van der Waals surface area contributed by atoms with Crippen LogP contribution in [0, 0.1) is 0 Å². The van der Waals surface area contributed by atoms with Crippen molar-refractivity contribution in [1.82, 2.24) is 9.80 Å². The highest BCUT2D eigenvalue weighted by atomic mass is 16.5. The Morgan fingerprint density at radius 3 is 2.21 bits per heavy atom. The molecule has 180 valence electrons. The number of hydrogen-bond acceptors (Lipinski definition) is 4. The highest BCUT2D eigenvalue weighted by Gasteiger charge is 2.42. The fourth-order valence-corrected chi connectivity index (χ4v) is 5.14. The molecule has 2 aromatic rings. The third-order valence-corrected chi connectivity index (χ3v) is 7.20. The van der Waals surface area contributed by atoms with Crippen molar-refractivity contribution >= 4 is 6.41 Å². The number of methoxy groups -OCH3 is 2. The molecule has 1 aliphatic carbocycles. The van der Waals surface area contributed by atoms with Gasteiger partial charge in [-0.3, -0.25) is 9.69 Å². The van der Waals surface area contributed by atoms with Crippen molar-refractivity contribution in [3.63, 3.8) is 0 Å². The van der Waals surface area contributed by atoms with E-state index in [0.717, 1.165) is 50.9 Å². The second-order valence-corrected chi connectivity index (χ2v) is 10.1. The molecule has 5 heteroatoms. The van der Waals surface area contributed by atoms with E-state index in [4.69, 9.17) is 9.47 Å². The first kappa shape index (κ1) is 25.3. The van der Waals surface area contributed by atoms with Crippen LogP contribution >= 0.6 is 0 Å². The quantitative estimate of drug-likeness (QED) is 0.445. The van der Waals surface area contributed by atoms with Gasteiger partial charge >= 0.3 is 0 Å². The van der Waals surface area contributed by atoms with Gasteiger partial charge in [0.05, 0.1) is 18.2 Å². The first-order chi connectivity index (χ1) is 15.8. The molecule has 1 saturated carbocycles. The maximum absolute atomic E-state index is 12.4. The lowest BCUT2D eigenvalue weighted by atomic mass is 9.72. The van der Waals surface area contributed by atoms with Crippen LogP contribution < -0.4 is 4.74 Å². The number of likely N-dealkylation sites (N-methyl/N-ethyl adjacent to an activating group) is 1. The van der Waals surface area contributed by atoms with Crippen LogP contribution in [-0.2, 0) is 16.1 Å². The average molecular weight is 453 g/mol. The monoisotopic (exact) mass is 452 g/mol. The molecule has 0 aromatic heterocycles. The molecule has 2 aromatic carbocycles. The maximum atomic E-state index is 12.4. The average Bonchev–Trinajstić information content (AvgIpc) is 2.84. The van der Waals surface area contributed by atoms with E-state index in [9.17, 15) is 4.79 Å². The van der Waals surface area contributed by atoms with E-state index >= 15 is 0 Å². The standard InChI is InChI=1S/C28H40N2O3/c1-27(2,33-5)20-30(22-31)28(17-15-25(16-18-28)24-9-7-6-8-10-24)21-29(3)19-23-11-13-26(32-4)14-12-23/h6-14,22,25H,15-21H2,1-5H3. The fraction of sp³-hybridized carbons (Fsp3) is 0.536. The first-order valence-electron chi connectivity index (χ1n) is 11.9. The van der Waals surface area contributed by atoms with Gasteiger partial charge in [-0.1, -0.05) is 42.5 Å². The van der Waals surface area contributed by atoms with Gasteiger partial charge in [0.25, 0.3) is 0 Å². The summed E-state index contributed by atoms with van der Waals surface area (Å²) in [5, 5.41) is 0. The topological polar surface area (TPSA) is 42.0 Å². The Balaban J connectivity index is 1.78. The Morgan fingerprint density at radius 1 is 1.03 bits per heavy atom. The summed E-state index contributed by atoms with van der Waals surface area (Å²) in [5.74, 6) is 1.42. The van der Waals surface area contributed by atoms with Crippen molar-refractivity contribution < 1.29 is 14.3 Å². The number of carbonyl (C=O) groups is 1. The van der Waals surface area contributed by atoms with Gasteiger partial charge in [0.1, 0.15) is 5.75 Å². The Morgan fingerprint density at radius 2 is 1.67 bits per heavy atom. The van der Waals surface area contributed by atoms with Crippen molar-refractivity contribution in [3.8, 4) is 5.75 Å². The third-order valence-electron chi connectivity index (χ3n) is 7.20. The van der Waals surface area contributed by atoms with E-state index in [1.54, 1.807) is 14.2 Å². The summed E-state index contributed by atoms with van der Waals surface area (Å²) in [6.07, 6.45) is 5.18. The lowest BCUT2D eigenvalue weighted by Crippen LogP contribution is -2.59. The van der Waals surface area contributed by atoms with Gasteiger partial charge in [-0.05, 0) is 75.8 Å². The molecule has 0 atom stereocenters. The van der Waals surface area contributed by atoms with Crippen molar-refractivity contribution in [2.24, 2.45) is 0 Å². The normalized spacial score (nSPS) is 21.1. The summed E-state index contributed by atoms with van der Waals surface area (Å²) in [5.41, 5.74) is 2.05. The molecule has 0 spiro atoms. The van der Waals surface area contributed by atoms with Crippen LogP contribution in [0.15, 0.2) is 54.6 Å². The number of nitrogens with zero attached hydrogens (tertiary/aromatic N) is 2. The van der Waals surface area contributed by atoms with Crippen molar-refractivity contribution in [2.75, 3.05) is 34.4 Å². The Bertz CT molecular complexity index is 858. The van der Waals surface area contributed by atoms with Crippen LogP contribution in [0.3, 0.4) is 0 Å². The number of rotatable bonds is 11. The number of hydrogen-bond donors (Lipinski definition) is 0. The lowest BCUT2D eigenvalue weighted by molar-refractivity contribution is -0.133. The minimum Gasteiger partial charge on any atom is -0.497 e. The van der Waals surface area contributed by atoms with Crippen molar-refractivity contribution in [1.29, 1.82) is 0 Å². The fourth-order valence-electron chi connectivity index (χ4n) is 5.14. The molecule has 0 heterocycles.